The van der Waals surface area contributed by atoms with E-state index in [0.29, 0.717) is 21.8 Å². The highest BCUT2D eigenvalue weighted by molar-refractivity contribution is 7.92. The van der Waals surface area contributed by atoms with Crippen LogP contribution in [0.15, 0.2) is 41.3 Å². The van der Waals surface area contributed by atoms with E-state index in [2.05, 4.69) is 0 Å². The lowest BCUT2D eigenvalue weighted by molar-refractivity contribution is -0.117. The number of fused-ring (bicyclic) bond motifs is 2. The normalized spacial score (nSPS) is 16.7. The zero-order valence-corrected chi connectivity index (χ0v) is 15.5. The first-order chi connectivity index (χ1) is 12.3. The van der Waals surface area contributed by atoms with E-state index in [4.69, 9.17) is 11.6 Å². The number of amides is 1. The van der Waals surface area contributed by atoms with E-state index in [-0.39, 0.29) is 36.0 Å². The average molecular weight is 391 g/mol. The zero-order chi connectivity index (χ0) is 18.6. The standard InChI is InChI=1S/C18H15ClN2O4S/c1-20-15-5-3-13(8-11(15)9-18(20)23)26(24,25)21-7-6-17(22)14-10-12(19)2-4-16(14)21/h2-5,8,10H,6-7,9H2,1H3. The van der Waals surface area contributed by atoms with Crippen molar-refractivity contribution in [3.05, 3.63) is 52.5 Å². The molecule has 8 heteroatoms. The maximum atomic E-state index is 13.2. The van der Waals surface area contributed by atoms with E-state index >= 15 is 0 Å². The Hall–Kier alpha value is -2.38. The quantitative estimate of drug-likeness (QED) is 0.790. The minimum Gasteiger partial charge on any atom is -0.315 e. The lowest BCUT2D eigenvalue weighted by atomic mass is 10.0. The maximum Gasteiger partial charge on any atom is 0.264 e. The summed E-state index contributed by atoms with van der Waals surface area (Å²) in [5.74, 6) is -0.201. The molecular formula is C18H15ClN2O4S. The number of ketones is 1. The van der Waals surface area contributed by atoms with Gasteiger partial charge in [-0.05, 0) is 42.0 Å². The second-order valence-corrected chi connectivity index (χ2v) is 8.63. The first-order valence-corrected chi connectivity index (χ1v) is 9.86. The van der Waals surface area contributed by atoms with Crippen LogP contribution in [0.25, 0.3) is 0 Å². The Bertz CT molecular complexity index is 1060. The molecule has 2 aliphatic heterocycles. The number of benzene rings is 2. The predicted molar refractivity (Wildman–Crippen MR) is 98.5 cm³/mol. The lowest BCUT2D eigenvalue weighted by Gasteiger charge is -2.30. The van der Waals surface area contributed by atoms with E-state index in [1.54, 1.807) is 25.2 Å². The van der Waals surface area contributed by atoms with Crippen molar-refractivity contribution in [1.29, 1.82) is 0 Å². The molecule has 0 aliphatic carbocycles. The number of hydrogen-bond donors (Lipinski definition) is 0. The molecule has 0 spiro atoms. The Morgan fingerprint density at radius 1 is 1.04 bits per heavy atom. The number of hydrogen-bond acceptors (Lipinski definition) is 4. The first kappa shape index (κ1) is 17.1. The summed E-state index contributed by atoms with van der Waals surface area (Å²) in [6.07, 6.45) is 0.276. The van der Waals surface area contributed by atoms with Crippen molar-refractivity contribution < 1.29 is 18.0 Å². The molecule has 0 saturated heterocycles. The second-order valence-electron chi connectivity index (χ2n) is 6.33. The summed E-state index contributed by atoms with van der Waals surface area (Å²) in [4.78, 5) is 25.6. The third kappa shape index (κ3) is 2.50. The van der Waals surface area contributed by atoms with Gasteiger partial charge in [-0.2, -0.15) is 0 Å². The summed E-state index contributed by atoms with van der Waals surface area (Å²) >= 11 is 5.96. The third-order valence-electron chi connectivity index (χ3n) is 4.79. The van der Waals surface area contributed by atoms with Gasteiger partial charge in [-0.25, -0.2) is 8.42 Å². The predicted octanol–water partition coefficient (Wildman–Crippen LogP) is 2.64. The number of carbonyl (C=O) groups is 2. The Balaban J connectivity index is 1.80. The Morgan fingerprint density at radius 2 is 1.77 bits per heavy atom. The number of rotatable bonds is 2. The molecule has 0 unspecified atom stereocenters. The van der Waals surface area contributed by atoms with Crippen molar-refractivity contribution in [3.8, 4) is 0 Å². The fourth-order valence-corrected chi connectivity index (χ4v) is 5.10. The van der Waals surface area contributed by atoms with Gasteiger partial charge in [0.05, 0.1) is 17.0 Å². The fraction of sp³-hybridized carbons (Fsp3) is 0.222. The monoisotopic (exact) mass is 390 g/mol. The van der Waals surface area contributed by atoms with Crippen LogP contribution >= 0.6 is 11.6 Å². The smallest absolute Gasteiger partial charge is 0.264 e. The van der Waals surface area contributed by atoms with Gasteiger partial charge in [-0.15, -0.1) is 0 Å². The summed E-state index contributed by atoms with van der Waals surface area (Å²) in [6.45, 7) is 0.0751. The molecule has 0 aromatic heterocycles. The van der Waals surface area contributed by atoms with Crippen LogP contribution in [0.5, 0.6) is 0 Å². The molecule has 2 aromatic carbocycles. The number of carbonyl (C=O) groups excluding carboxylic acids is 2. The Labute approximate surface area is 156 Å². The molecular weight excluding hydrogens is 376 g/mol. The van der Waals surface area contributed by atoms with Gasteiger partial charge < -0.3 is 4.90 Å². The molecule has 0 saturated carbocycles. The van der Waals surface area contributed by atoms with Gasteiger partial charge in [0.1, 0.15) is 0 Å². The van der Waals surface area contributed by atoms with Crippen LogP contribution in [0.2, 0.25) is 5.02 Å². The second kappa shape index (κ2) is 5.82. The fourth-order valence-electron chi connectivity index (χ4n) is 3.39. The van der Waals surface area contributed by atoms with Crippen LogP contribution in [-0.4, -0.2) is 33.7 Å². The van der Waals surface area contributed by atoms with Crippen molar-refractivity contribution in [2.75, 3.05) is 22.8 Å². The Morgan fingerprint density at radius 3 is 2.54 bits per heavy atom. The van der Waals surface area contributed by atoms with Crippen LogP contribution in [0, 0.1) is 0 Å². The topological polar surface area (TPSA) is 74.8 Å². The number of halogens is 1. The van der Waals surface area contributed by atoms with Gasteiger partial charge in [-0.3, -0.25) is 13.9 Å². The molecule has 6 nitrogen and oxygen atoms in total. The van der Waals surface area contributed by atoms with E-state index in [1.165, 1.54) is 27.4 Å². The van der Waals surface area contributed by atoms with Crippen LogP contribution < -0.4 is 9.21 Å². The molecule has 2 heterocycles. The highest BCUT2D eigenvalue weighted by Gasteiger charge is 2.34. The summed E-state index contributed by atoms with van der Waals surface area (Å²) in [7, 11) is -2.19. The molecule has 4 rings (SSSR count). The molecule has 0 N–H and O–H groups in total. The maximum absolute atomic E-state index is 13.2. The molecule has 0 fully saturated rings. The number of nitrogens with zero attached hydrogens (tertiary/aromatic N) is 2. The van der Waals surface area contributed by atoms with Crippen LogP contribution in [0.4, 0.5) is 11.4 Å². The van der Waals surface area contributed by atoms with Crippen LogP contribution in [0.3, 0.4) is 0 Å². The van der Waals surface area contributed by atoms with Gasteiger partial charge >= 0.3 is 0 Å². The van der Waals surface area contributed by atoms with Crippen molar-refractivity contribution >= 4 is 44.7 Å². The zero-order valence-electron chi connectivity index (χ0n) is 13.9. The molecule has 0 atom stereocenters. The summed E-state index contributed by atoms with van der Waals surface area (Å²) in [6, 6.07) is 9.30. The number of anilines is 2. The molecule has 134 valence electrons. The first-order valence-electron chi connectivity index (χ1n) is 8.04. The summed E-state index contributed by atoms with van der Waals surface area (Å²) < 4.78 is 27.6. The summed E-state index contributed by atoms with van der Waals surface area (Å²) in [5.41, 5.74) is 2.04. The lowest BCUT2D eigenvalue weighted by Crippen LogP contribution is -2.37. The van der Waals surface area contributed by atoms with Crippen molar-refractivity contribution in [3.63, 3.8) is 0 Å². The van der Waals surface area contributed by atoms with Crippen molar-refractivity contribution in [1.82, 2.24) is 0 Å². The molecule has 0 radical (unpaired) electrons. The highest BCUT2D eigenvalue weighted by atomic mass is 35.5. The number of Topliss-reactive ketones (excluding diaryl/α,β-unsaturated/α-hetero) is 1. The number of likely N-dealkylation sites (N-methyl/N-ethyl adjacent to an activating group) is 1. The van der Waals surface area contributed by atoms with Gasteiger partial charge in [0.15, 0.2) is 5.78 Å². The van der Waals surface area contributed by atoms with Crippen molar-refractivity contribution in [2.45, 2.75) is 17.7 Å². The van der Waals surface area contributed by atoms with E-state index in [9.17, 15) is 18.0 Å². The number of sulfonamides is 1. The van der Waals surface area contributed by atoms with Gasteiger partial charge in [0.2, 0.25) is 5.91 Å². The van der Waals surface area contributed by atoms with E-state index < -0.39 is 10.0 Å². The minimum absolute atomic E-state index is 0.0712. The molecule has 1 amide bonds. The Kier molecular flexibility index (Phi) is 3.82. The van der Waals surface area contributed by atoms with Gasteiger partial charge in [0.25, 0.3) is 10.0 Å². The van der Waals surface area contributed by atoms with Crippen LogP contribution in [-0.2, 0) is 21.2 Å². The van der Waals surface area contributed by atoms with Crippen LogP contribution in [0.1, 0.15) is 22.3 Å². The van der Waals surface area contributed by atoms with E-state index in [1.807, 2.05) is 0 Å². The molecule has 2 aliphatic rings. The SMILES string of the molecule is CN1C(=O)Cc2cc(S(=O)(=O)N3CCC(=O)c4cc(Cl)ccc43)ccc21. The third-order valence-corrected chi connectivity index (χ3v) is 6.83. The largest absolute Gasteiger partial charge is 0.315 e. The molecule has 2 aromatic rings. The van der Waals surface area contributed by atoms with Gasteiger partial charge in [0, 0.05) is 36.3 Å². The van der Waals surface area contributed by atoms with Crippen molar-refractivity contribution in [2.24, 2.45) is 0 Å². The summed E-state index contributed by atoms with van der Waals surface area (Å²) in [5, 5.41) is 0.385. The minimum atomic E-state index is -3.86. The molecule has 26 heavy (non-hydrogen) atoms. The highest BCUT2D eigenvalue weighted by Crippen LogP contribution is 2.36. The molecule has 0 bridgehead atoms. The average Bonchev–Trinajstić information content (AvgIpc) is 2.89. The van der Waals surface area contributed by atoms with E-state index in [0.717, 1.165) is 5.69 Å². The van der Waals surface area contributed by atoms with Gasteiger partial charge in [-0.1, -0.05) is 11.6 Å².